The van der Waals surface area contributed by atoms with Gasteiger partial charge in [0.15, 0.2) is 0 Å². The molecule has 0 bridgehead atoms. The summed E-state index contributed by atoms with van der Waals surface area (Å²) in [7, 11) is -2.22. The third-order valence-electron chi connectivity index (χ3n) is 20.1. The number of rotatable bonds is 14. The molecule has 0 radical (unpaired) electrons. The molecule has 0 atom stereocenters. The van der Waals surface area contributed by atoms with Gasteiger partial charge in [-0.2, -0.15) is 14.9 Å². The minimum atomic E-state index is -0.523. The normalized spacial score (nSPS) is 12.2. The van der Waals surface area contributed by atoms with Gasteiger partial charge in [-0.3, -0.25) is 5.10 Å². The summed E-state index contributed by atoms with van der Waals surface area (Å²) in [4.78, 5) is 20.0. The third kappa shape index (κ3) is 26.4. The van der Waals surface area contributed by atoms with Crippen LogP contribution in [-0.4, -0.2) is 60.0 Å². The molecular weight excluding hydrogens is 1830 g/mol. The fourth-order valence-corrected chi connectivity index (χ4v) is 23.5. The van der Waals surface area contributed by atoms with Gasteiger partial charge in [0.1, 0.15) is 15.9 Å². The molecule has 19 heteroatoms. The smallest absolute Gasteiger partial charge is 0.442 e. The Balaban J connectivity index is 0.000000134. The number of fused-ring (bicyclic) bond motifs is 2. The van der Waals surface area contributed by atoms with Crippen LogP contribution in [0.4, 0.5) is 4.79 Å². The van der Waals surface area contributed by atoms with Gasteiger partial charge >= 0.3 is 13.2 Å². The van der Waals surface area contributed by atoms with Crippen LogP contribution in [0.1, 0.15) is 48.5 Å². The minimum Gasteiger partial charge on any atom is -0.442 e. The van der Waals surface area contributed by atoms with Crippen molar-refractivity contribution in [3.63, 3.8) is 0 Å². The van der Waals surface area contributed by atoms with Crippen LogP contribution in [-0.2, 0) is 34.5 Å². The topological polar surface area (TPSA) is 117 Å². The molecular formula is C107H96BBrCl2N6O4P4Pd. The van der Waals surface area contributed by atoms with Gasteiger partial charge < -0.3 is 14.0 Å². The number of aromatic amines is 1. The Morgan fingerprint density at radius 2 is 0.683 bits per heavy atom. The van der Waals surface area contributed by atoms with Crippen molar-refractivity contribution >= 4 is 175 Å². The van der Waals surface area contributed by atoms with Gasteiger partial charge in [-0.05, 0) is 198 Å². The van der Waals surface area contributed by atoms with Crippen molar-refractivity contribution < 1.29 is 39.3 Å². The molecule has 0 saturated carbocycles. The first-order chi connectivity index (χ1) is 60.8. The van der Waals surface area contributed by atoms with E-state index in [1.54, 1.807) is 24.8 Å². The standard InChI is InChI=1S/4C18H15P.C12H13BrN2O2.C12H8ClN3.C11H15BClNO2.Pd/c4*1-4-10-16(11-5-1)19(17-12-6-2-7-13-17)18-14-8-3-9-15-18;1-12(2,3)17-11(16)15-10-5-4-9(13)6-8(10)7-14-15;13-12-10(2-1-5-14-12)8-3-4-11-9(6-8)7-15-16-11;1-10(2)11(3,4)16-12(15-10)8-6-5-7-14-9(8)13;/h4*1-15H;4-7H,1-3H3;1-7H,(H,15,16);5-7H,1-4H3;. The molecule has 14 aromatic carbocycles. The van der Waals surface area contributed by atoms with Crippen LogP contribution < -0.4 is 69.1 Å². The van der Waals surface area contributed by atoms with Crippen LogP contribution in [0.15, 0.2) is 454 Å². The maximum Gasteiger partial charge on any atom is 0.498 e. The zero-order chi connectivity index (χ0) is 87.2. The van der Waals surface area contributed by atoms with Crippen molar-refractivity contribution in [3.05, 3.63) is 464 Å². The molecule has 0 aliphatic carbocycles. The van der Waals surface area contributed by atoms with E-state index in [0.29, 0.717) is 10.3 Å². The Bertz CT molecular complexity index is 5420. The summed E-state index contributed by atoms with van der Waals surface area (Å²) in [6.45, 7) is 13.5. The largest absolute Gasteiger partial charge is 0.498 e. The molecule has 0 unspecified atom stereocenters. The number of hydrogen-bond acceptors (Lipinski definition) is 8. The van der Waals surface area contributed by atoms with Gasteiger partial charge in [-0.1, -0.05) is 415 Å². The third-order valence-corrected chi connectivity index (χ3v) is 31.0. The molecule has 10 nitrogen and oxygen atoms in total. The number of nitrogens with one attached hydrogen (secondary N) is 1. The predicted molar refractivity (Wildman–Crippen MR) is 539 cm³/mol. The number of aromatic nitrogens is 6. The van der Waals surface area contributed by atoms with Crippen molar-refractivity contribution in [3.8, 4) is 11.1 Å². The molecule has 18 aromatic rings. The molecule has 0 spiro atoms. The van der Waals surface area contributed by atoms with Crippen molar-refractivity contribution in [1.82, 2.24) is 29.9 Å². The number of hydrogen-bond donors (Lipinski definition) is 1. The first-order valence-corrected chi connectivity index (χ1v) is 47.9. The Morgan fingerprint density at radius 1 is 0.381 bits per heavy atom. The van der Waals surface area contributed by atoms with Gasteiger partial charge in [-0.15, -0.1) is 0 Å². The molecule has 632 valence electrons. The monoisotopic (exact) mass is 1920 g/mol. The number of halogens is 3. The number of H-pyrrole nitrogens is 1. The quantitative estimate of drug-likeness (QED) is 0.0650. The van der Waals surface area contributed by atoms with Crippen molar-refractivity contribution in [2.24, 2.45) is 0 Å². The first kappa shape index (κ1) is 94.4. The molecule has 1 fully saturated rings. The van der Waals surface area contributed by atoms with E-state index in [1.165, 1.54) is 68.3 Å². The Hall–Kier alpha value is -10.8. The number of carbonyl (C=O) groups is 1. The molecule has 4 aromatic heterocycles. The van der Waals surface area contributed by atoms with Crippen LogP contribution in [0.2, 0.25) is 10.3 Å². The molecule has 1 aliphatic rings. The van der Waals surface area contributed by atoms with E-state index in [2.05, 4.69) is 405 Å². The summed E-state index contributed by atoms with van der Waals surface area (Å²) < 4.78 is 19.3. The molecule has 1 N–H and O–H groups in total. The second-order valence-corrected chi connectivity index (χ2v) is 41.1. The number of benzene rings is 14. The summed E-state index contributed by atoms with van der Waals surface area (Å²) in [5, 5.41) is 30.6. The number of nitrogens with zero attached hydrogens (tertiary/aromatic N) is 5. The van der Waals surface area contributed by atoms with Gasteiger partial charge in [0.25, 0.3) is 0 Å². The molecule has 5 heterocycles. The first-order valence-electron chi connectivity index (χ1n) is 41.0. The van der Waals surface area contributed by atoms with Gasteiger partial charge in [0, 0.05) is 59.1 Å². The molecule has 1 aliphatic heterocycles. The Labute approximate surface area is 778 Å². The second kappa shape index (κ2) is 47.1. The zero-order valence-corrected chi connectivity index (χ0v) is 79.1. The minimum absolute atomic E-state index is 0. The van der Waals surface area contributed by atoms with E-state index >= 15 is 0 Å². The second-order valence-electron chi connectivity index (χ2n) is 30.6. The molecule has 1 saturated heterocycles. The van der Waals surface area contributed by atoms with Crippen molar-refractivity contribution in [2.75, 3.05) is 0 Å². The summed E-state index contributed by atoms with van der Waals surface area (Å²) in [6.07, 6.45) is 6.31. The van der Waals surface area contributed by atoms with Gasteiger partial charge in [0.05, 0.1) is 34.6 Å². The number of pyridine rings is 2. The van der Waals surface area contributed by atoms with Gasteiger partial charge in [-0.25, -0.2) is 14.8 Å². The van der Waals surface area contributed by atoms with Crippen LogP contribution in [0.3, 0.4) is 0 Å². The average molecular weight is 1920 g/mol. The zero-order valence-electron chi connectivity index (χ0n) is 70.9. The summed E-state index contributed by atoms with van der Waals surface area (Å²) in [5.41, 5.74) is 3.30. The fraction of sp³-hybridized carbons (Fsp3) is 0.0935. The van der Waals surface area contributed by atoms with Crippen molar-refractivity contribution in [1.29, 1.82) is 0 Å². The van der Waals surface area contributed by atoms with E-state index in [1.807, 2.05) is 109 Å². The summed E-state index contributed by atoms with van der Waals surface area (Å²) in [5.74, 6) is 0. The van der Waals surface area contributed by atoms with Crippen LogP contribution in [0.25, 0.3) is 32.9 Å². The fourth-order valence-electron chi connectivity index (χ4n) is 13.4. The summed E-state index contributed by atoms with van der Waals surface area (Å²) in [6, 6.07) is 148. The molecule has 0 amide bonds. The average Bonchev–Trinajstić information content (AvgIpc) is 1.62. The maximum absolute atomic E-state index is 11.9. The van der Waals surface area contributed by atoms with Crippen LogP contribution in [0, 0.1) is 0 Å². The Kier molecular flexibility index (Phi) is 35.3. The van der Waals surface area contributed by atoms with Crippen LogP contribution in [0.5, 0.6) is 0 Å². The van der Waals surface area contributed by atoms with E-state index in [-0.39, 0.29) is 31.6 Å². The van der Waals surface area contributed by atoms with E-state index in [9.17, 15) is 4.79 Å². The van der Waals surface area contributed by atoms with Crippen LogP contribution >= 0.6 is 70.8 Å². The SMILES string of the molecule is CC(C)(C)OC(=O)n1ncc2cc(Br)ccc21.CC1(C)OB(c2cccnc2Cl)OC1(C)C.Clc1ncccc1-c1ccc2[nH]ncc2c1.[Pd].c1ccc(P(c2ccccc2)c2ccccc2)cc1.c1ccc(P(c2ccccc2)c2ccccc2)cc1.c1ccc(P(c2ccccc2)c2ccccc2)cc1.c1ccc(P(c2ccccc2)c2ccccc2)cc1. The number of ether oxygens (including phenoxy) is 1. The van der Waals surface area contributed by atoms with Gasteiger partial charge in [0.2, 0.25) is 0 Å². The Morgan fingerprint density at radius 3 is 0.976 bits per heavy atom. The molecule has 126 heavy (non-hydrogen) atoms. The summed E-state index contributed by atoms with van der Waals surface area (Å²) >= 11 is 15.4. The number of carbonyl (C=O) groups excluding carboxylic acids is 1. The maximum atomic E-state index is 11.9. The van der Waals surface area contributed by atoms with E-state index < -0.39 is 50.5 Å². The predicted octanol–water partition coefficient (Wildman–Crippen LogP) is 22.7. The molecule has 19 rings (SSSR count). The van der Waals surface area contributed by atoms with E-state index in [0.717, 1.165) is 42.9 Å². The van der Waals surface area contributed by atoms with E-state index in [4.69, 9.17) is 37.2 Å². The van der Waals surface area contributed by atoms with Crippen molar-refractivity contribution in [2.45, 2.75) is 65.3 Å².